The molecular weight excluding hydrogens is 541 g/mol. The average molecular weight is 573 g/mol. The third-order valence-electron chi connectivity index (χ3n) is 8.51. The van der Waals surface area contributed by atoms with E-state index < -0.39 is 0 Å². The van der Waals surface area contributed by atoms with Crippen molar-refractivity contribution < 1.29 is 0 Å². The summed E-state index contributed by atoms with van der Waals surface area (Å²) in [5, 5.41) is 8.86. The lowest BCUT2D eigenvalue weighted by atomic mass is 9.86. The number of para-hydroxylation sites is 1. The van der Waals surface area contributed by atoms with Gasteiger partial charge >= 0.3 is 0 Å². The maximum Gasteiger partial charge on any atom is 0.0541 e. The summed E-state index contributed by atoms with van der Waals surface area (Å²) in [7, 11) is 0. The first kappa shape index (κ1) is 25.8. The second-order valence-corrected chi connectivity index (χ2v) is 13.5. The first-order chi connectivity index (χ1) is 20.9. The molecule has 1 N–H and O–H groups in total. The third kappa shape index (κ3) is 4.48. The summed E-state index contributed by atoms with van der Waals surface area (Å²) >= 11 is 1.85. The molecule has 2 heterocycles. The number of hydrogen-bond acceptors (Lipinski definition) is 2. The van der Waals surface area contributed by atoms with Gasteiger partial charge in [0.25, 0.3) is 0 Å². The maximum atomic E-state index is 3.68. The van der Waals surface area contributed by atoms with Crippen molar-refractivity contribution >= 4 is 64.7 Å². The van der Waals surface area contributed by atoms with Crippen molar-refractivity contribution in [2.24, 2.45) is 0 Å². The molecule has 0 amide bonds. The monoisotopic (exact) mass is 572 g/mol. The van der Waals surface area contributed by atoms with Crippen molar-refractivity contribution in [1.29, 1.82) is 0 Å². The van der Waals surface area contributed by atoms with E-state index in [1.165, 1.54) is 64.4 Å². The van der Waals surface area contributed by atoms with E-state index in [9.17, 15) is 0 Å². The SMILES string of the molecule is CC(C)(C)c1ccc2c(c1)c1cc(-c3cccc(Nc4ccc5sc6ccccc6c5c4)c3)ccc1n2-c1ccccc1. The van der Waals surface area contributed by atoms with Crippen LogP contribution in [0.25, 0.3) is 58.8 Å². The minimum Gasteiger partial charge on any atom is -0.355 e. The van der Waals surface area contributed by atoms with E-state index in [0.717, 1.165) is 11.4 Å². The number of thiophene rings is 1. The van der Waals surface area contributed by atoms with Gasteiger partial charge in [-0.1, -0.05) is 81.4 Å². The summed E-state index contributed by atoms with van der Waals surface area (Å²) in [5.74, 6) is 0. The number of aromatic nitrogens is 1. The fraction of sp³-hybridized carbons (Fsp3) is 0.100. The van der Waals surface area contributed by atoms with Crippen LogP contribution in [0, 0.1) is 0 Å². The number of hydrogen-bond donors (Lipinski definition) is 1. The zero-order chi connectivity index (χ0) is 29.1. The lowest BCUT2D eigenvalue weighted by Gasteiger charge is -2.19. The molecule has 0 atom stereocenters. The number of rotatable bonds is 4. The molecule has 6 aromatic carbocycles. The summed E-state index contributed by atoms with van der Waals surface area (Å²) in [6.45, 7) is 6.85. The van der Waals surface area contributed by atoms with Crippen LogP contribution in [-0.4, -0.2) is 4.57 Å². The zero-order valence-corrected chi connectivity index (χ0v) is 25.4. The molecule has 0 aliphatic carbocycles. The molecular formula is C40H32N2S. The Morgan fingerprint density at radius 3 is 2.05 bits per heavy atom. The lowest BCUT2D eigenvalue weighted by Crippen LogP contribution is -2.10. The Morgan fingerprint density at radius 2 is 1.21 bits per heavy atom. The van der Waals surface area contributed by atoms with Gasteiger partial charge in [0.15, 0.2) is 0 Å². The predicted octanol–water partition coefficient (Wildman–Crippen LogP) is 11.9. The fourth-order valence-electron chi connectivity index (χ4n) is 6.27. The topological polar surface area (TPSA) is 17.0 Å². The van der Waals surface area contributed by atoms with E-state index in [1.807, 2.05) is 11.3 Å². The summed E-state index contributed by atoms with van der Waals surface area (Å²) < 4.78 is 5.04. The molecule has 2 aromatic heterocycles. The highest BCUT2D eigenvalue weighted by Crippen LogP contribution is 2.39. The predicted molar refractivity (Wildman–Crippen MR) is 188 cm³/mol. The quantitative estimate of drug-likeness (QED) is 0.222. The zero-order valence-electron chi connectivity index (χ0n) is 24.6. The summed E-state index contributed by atoms with van der Waals surface area (Å²) in [5.41, 5.74) is 9.65. The van der Waals surface area contributed by atoms with E-state index >= 15 is 0 Å². The van der Waals surface area contributed by atoms with Gasteiger partial charge in [-0.2, -0.15) is 0 Å². The molecule has 0 unspecified atom stereocenters. The van der Waals surface area contributed by atoms with Crippen LogP contribution in [0.2, 0.25) is 0 Å². The van der Waals surface area contributed by atoms with Crippen LogP contribution in [0.4, 0.5) is 11.4 Å². The highest BCUT2D eigenvalue weighted by atomic mass is 32.1. The molecule has 208 valence electrons. The lowest BCUT2D eigenvalue weighted by molar-refractivity contribution is 0.591. The highest BCUT2D eigenvalue weighted by molar-refractivity contribution is 7.25. The number of anilines is 2. The molecule has 0 aliphatic heterocycles. The van der Waals surface area contributed by atoms with Gasteiger partial charge in [-0.15, -0.1) is 11.3 Å². The number of benzene rings is 6. The first-order valence-corrected chi connectivity index (χ1v) is 15.7. The van der Waals surface area contributed by atoms with Gasteiger partial charge in [0, 0.05) is 48.0 Å². The molecule has 3 heteroatoms. The van der Waals surface area contributed by atoms with Gasteiger partial charge in [-0.25, -0.2) is 0 Å². The molecule has 0 bridgehead atoms. The highest BCUT2D eigenvalue weighted by Gasteiger charge is 2.18. The van der Waals surface area contributed by atoms with E-state index in [2.05, 4.69) is 164 Å². The molecule has 0 aliphatic rings. The third-order valence-corrected chi connectivity index (χ3v) is 9.66. The van der Waals surface area contributed by atoms with Crippen molar-refractivity contribution in [2.75, 3.05) is 5.32 Å². The molecule has 0 radical (unpaired) electrons. The van der Waals surface area contributed by atoms with Crippen molar-refractivity contribution in [3.05, 3.63) is 139 Å². The molecule has 8 rings (SSSR count). The van der Waals surface area contributed by atoms with Gasteiger partial charge in [-0.05, 0) is 94.9 Å². The van der Waals surface area contributed by atoms with E-state index in [-0.39, 0.29) is 5.41 Å². The first-order valence-electron chi connectivity index (χ1n) is 14.9. The minimum absolute atomic E-state index is 0.0747. The van der Waals surface area contributed by atoms with Gasteiger partial charge < -0.3 is 9.88 Å². The van der Waals surface area contributed by atoms with Crippen molar-refractivity contribution in [2.45, 2.75) is 26.2 Å². The Balaban J connectivity index is 1.22. The number of fused-ring (bicyclic) bond motifs is 6. The molecule has 43 heavy (non-hydrogen) atoms. The Labute approximate surface area is 255 Å². The maximum absolute atomic E-state index is 3.68. The molecule has 0 spiro atoms. The molecule has 2 nitrogen and oxygen atoms in total. The van der Waals surface area contributed by atoms with E-state index in [0.29, 0.717) is 0 Å². The van der Waals surface area contributed by atoms with Crippen LogP contribution in [0.5, 0.6) is 0 Å². The Bertz CT molecular complexity index is 2300. The molecule has 0 saturated carbocycles. The Morgan fingerprint density at radius 1 is 0.512 bits per heavy atom. The van der Waals surface area contributed by atoms with Gasteiger partial charge in [0.1, 0.15) is 0 Å². The molecule has 0 fully saturated rings. The van der Waals surface area contributed by atoms with Crippen LogP contribution >= 0.6 is 11.3 Å². The second-order valence-electron chi connectivity index (χ2n) is 12.4. The molecule has 8 aromatic rings. The van der Waals surface area contributed by atoms with Crippen LogP contribution < -0.4 is 5.32 Å². The van der Waals surface area contributed by atoms with Crippen LogP contribution in [-0.2, 0) is 5.41 Å². The normalized spacial score (nSPS) is 12.1. The van der Waals surface area contributed by atoms with Gasteiger partial charge in [0.2, 0.25) is 0 Å². The summed E-state index contributed by atoms with van der Waals surface area (Å²) in [6.07, 6.45) is 0. The van der Waals surface area contributed by atoms with Gasteiger partial charge in [0.05, 0.1) is 11.0 Å². The number of nitrogens with one attached hydrogen (secondary N) is 1. The standard InChI is InChI=1S/C40H32N2S/c1-40(2,3)28-17-20-37-34(24-28)33-23-27(16-19-36(33)42(37)31-12-5-4-6-13-31)26-10-9-11-29(22-26)41-30-18-21-39-35(25-30)32-14-7-8-15-38(32)43-39/h4-25,41H,1-3H3. The summed E-state index contributed by atoms with van der Waals surface area (Å²) in [6, 6.07) is 48.7. The summed E-state index contributed by atoms with van der Waals surface area (Å²) in [4.78, 5) is 0. The van der Waals surface area contributed by atoms with Crippen molar-refractivity contribution in [1.82, 2.24) is 4.57 Å². The second kappa shape index (κ2) is 9.86. The largest absolute Gasteiger partial charge is 0.355 e. The van der Waals surface area contributed by atoms with Crippen molar-refractivity contribution in [3.8, 4) is 16.8 Å². The van der Waals surface area contributed by atoms with Crippen LogP contribution in [0.15, 0.2) is 133 Å². The minimum atomic E-state index is 0.0747. The van der Waals surface area contributed by atoms with E-state index in [1.54, 1.807) is 0 Å². The van der Waals surface area contributed by atoms with Crippen LogP contribution in [0.1, 0.15) is 26.3 Å². The Hall–Kier alpha value is -4.86. The smallest absolute Gasteiger partial charge is 0.0541 e. The molecule has 0 saturated heterocycles. The Kier molecular flexibility index (Phi) is 5.92. The van der Waals surface area contributed by atoms with E-state index in [4.69, 9.17) is 0 Å². The fourth-order valence-corrected chi connectivity index (χ4v) is 7.36. The number of nitrogens with zero attached hydrogens (tertiary/aromatic N) is 1. The van der Waals surface area contributed by atoms with Crippen LogP contribution in [0.3, 0.4) is 0 Å². The van der Waals surface area contributed by atoms with Gasteiger partial charge in [-0.3, -0.25) is 0 Å². The van der Waals surface area contributed by atoms with Crippen molar-refractivity contribution in [3.63, 3.8) is 0 Å². The average Bonchev–Trinajstić information content (AvgIpc) is 3.56.